The summed E-state index contributed by atoms with van der Waals surface area (Å²) in [5.41, 5.74) is 1.48. The van der Waals surface area contributed by atoms with Gasteiger partial charge in [-0.15, -0.1) is 0 Å². The molecule has 0 atom stereocenters. The van der Waals surface area contributed by atoms with Gasteiger partial charge in [0.05, 0.1) is 0 Å². The molecule has 2 aromatic rings. The molecule has 0 saturated heterocycles. The fourth-order valence-corrected chi connectivity index (χ4v) is 3.16. The zero-order valence-corrected chi connectivity index (χ0v) is 14.8. The van der Waals surface area contributed by atoms with Gasteiger partial charge in [0.25, 0.3) is 5.91 Å². The lowest BCUT2D eigenvalue weighted by molar-refractivity contribution is -0.118. The Kier molecular flexibility index (Phi) is 4.11. The number of carbonyl (C=O) groups is 1. The van der Waals surface area contributed by atoms with Crippen molar-refractivity contribution in [2.45, 2.75) is 25.9 Å². The van der Waals surface area contributed by atoms with Crippen LogP contribution >= 0.6 is 0 Å². The number of hydrogen-bond donors (Lipinski definition) is 1. The maximum atomic E-state index is 12.2. The second-order valence-corrected chi connectivity index (χ2v) is 6.98. The third-order valence-corrected chi connectivity index (χ3v) is 4.24. The van der Waals surface area contributed by atoms with Crippen molar-refractivity contribution in [3.05, 3.63) is 42.0 Å². The Labute approximate surface area is 152 Å². The fraction of sp³-hybridized carbons (Fsp3) is 0.350. The van der Waals surface area contributed by atoms with Crippen molar-refractivity contribution in [1.29, 1.82) is 0 Å². The standard InChI is InChI=1S/C20H21NO5/c1-20(2)11-13-4-3-5-16(19(13)26-20)25-12-18(22)21-14-6-7-15-17(10-14)24-9-8-23-15/h3-7,10H,8-9,11-12H2,1-2H3,(H,21,22). The molecule has 6 nitrogen and oxygen atoms in total. The van der Waals surface area contributed by atoms with E-state index in [1.54, 1.807) is 18.2 Å². The number of anilines is 1. The summed E-state index contributed by atoms with van der Waals surface area (Å²) in [7, 11) is 0. The Balaban J connectivity index is 1.39. The van der Waals surface area contributed by atoms with E-state index in [4.69, 9.17) is 18.9 Å². The predicted molar refractivity (Wildman–Crippen MR) is 96.4 cm³/mol. The Hall–Kier alpha value is -2.89. The number of ether oxygens (including phenoxy) is 4. The van der Waals surface area contributed by atoms with E-state index in [-0.39, 0.29) is 18.1 Å². The zero-order chi connectivity index (χ0) is 18.1. The molecule has 1 N–H and O–H groups in total. The van der Waals surface area contributed by atoms with Crippen LogP contribution in [0.1, 0.15) is 19.4 Å². The number of carbonyl (C=O) groups excluding carboxylic acids is 1. The van der Waals surface area contributed by atoms with Crippen molar-refractivity contribution in [2.75, 3.05) is 25.1 Å². The molecule has 2 aliphatic rings. The summed E-state index contributed by atoms with van der Waals surface area (Å²) in [6.07, 6.45) is 0.822. The maximum Gasteiger partial charge on any atom is 0.262 e. The fourth-order valence-electron chi connectivity index (χ4n) is 3.16. The highest BCUT2D eigenvalue weighted by molar-refractivity contribution is 5.92. The highest BCUT2D eigenvalue weighted by Crippen LogP contribution is 2.41. The van der Waals surface area contributed by atoms with Crippen molar-refractivity contribution in [2.24, 2.45) is 0 Å². The highest BCUT2D eigenvalue weighted by atomic mass is 16.6. The molecule has 2 heterocycles. The average Bonchev–Trinajstić information content (AvgIpc) is 2.94. The number of benzene rings is 2. The van der Waals surface area contributed by atoms with Crippen LogP contribution in [-0.2, 0) is 11.2 Å². The number of nitrogens with one attached hydrogen (secondary N) is 1. The van der Waals surface area contributed by atoms with Crippen LogP contribution < -0.4 is 24.3 Å². The molecule has 0 saturated carbocycles. The van der Waals surface area contributed by atoms with E-state index in [0.29, 0.717) is 36.1 Å². The van der Waals surface area contributed by atoms with Crippen molar-refractivity contribution >= 4 is 11.6 Å². The summed E-state index contributed by atoms with van der Waals surface area (Å²) in [6.45, 7) is 5.00. The first-order valence-corrected chi connectivity index (χ1v) is 8.63. The van der Waals surface area contributed by atoms with E-state index in [1.165, 1.54) is 0 Å². The lowest BCUT2D eigenvalue weighted by Crippen LogP contribution is -2.25. The summed E-state index contributed by atoms with van der Waals surface area (Å²) < 4.78 is 22.6. The molecular weight excluding hydrogens is 334 g/mol. The summed E-state index contributed by atoms with van der Waals surface area (Å²) >= 11 is 0. The van der Waals surface area contributed by atoms with Gasteiger partial charge in [0, 0.05) is 23.7 Å². The molecule has 1 amide bonds. The van der Waals surface area contributed by atoms with Gasteiger partial charge in [0.1, 0.15) is 18.8 Å². The zero-order valence-electron chi connectivity index (χ0n) is 14.8. The van der Waals surface area contributed by atoms with Crippen LogP contribution in [0.25, 0.3) is 0 Å². The van der Waals surface area contributed by atoms with E-state index in [2.05, 4.69) is 5.32 Å². The molecule has 0 unspecified atom stereocenters. The number of rotatable bonds is 4. The van der Waals surface area contributed by atoms with E-state index in [1.807, 2.05) is 32.0 Å². The van der Waals surface area contributed by atoms with Gasteiger partial charge in [-0.1, -0.05) is 12.1 Å². The van der Waals surface area contributed by atoms with Crippen LogP contribution in [0.3, 0.4) is 0 Å². The number of amides is 1. The first-order chi connectivity index (χ1) is 12.5. The minimum Gasteiger partial charge on any atom is -0.486 e. The van der Waals surface area contributed by atoms with Crippen molar-refractivity contribution in [3.63, 3.8) is 0 Å². The number of fused-ring (bicyclic) bond motifs is 2. The van der Waals surface area contributed by atoms with Crippen LogP contribution in [0.15, 0.2) is 36.4 Å². The van der Waals surface area contributed by atoms with E-state index >= 15 is 0 Å². The van der Waals surface area contributed by atoms with Crippen LogP contribution in [0.2, 0.25) is 0 Å². The molecule has 4 rings (SSSR count). The van der Waals surface area contributed by atoms with E-state index in [0.717, 1.165) is 17.7 Å². The second kappa shape index (κ2) is 6.44. The second-order valence-electron chi connectivity index (χ2n) is 6.98. The molecular formula is C20H21NO5. The van der Waals surface area contributed by atoms with Gasteiger partial charge < -0.3 is 24.3 Å². The molecule has 0 aliphatic carbocycles. The third-order valence-electron chi connectivity index (χ3n) is 4.24. The molecule has 136 valence electrons. The summed E-state index contributed by atoms with van der Waals surface area (Å²) in [5, 5.41) is 2.81. The first-order valence-electron chi connectivity index (χ1n) is 8.63. The van der Waals surface area contributed by atoms with Gasteiger partial charge in [0.2, 0.25) is 0 Å². The summed E-state index contributed by atoms with van der Waals surface area (Å²) in [4.78, 5) is 12.2. The molecule has 2 aromatic carbocycles. The number of para-hydroxylation sites is 1. The van der Waals surface area contributed by atoms with Gasteiger partial charge in [-0.3, -0.25) is 4.79 Å². The van der Waals surface area contributed by atoms with Crippen LogP contribution in [-0.4, -0.2) is 31.3 Å². The largest absolute Gasteiger partial charge is 0.486 e. The summed E-state index contributed by atoms with van der Waals surface area (Å²) in [5.74, 6) is 2.38. The smallest absolute Gasteiger partial charge is 0.262 e. The molecule has 0 bridgehead atoms. The summed E-state index contributed by atoms with van der Waals surface area (Å²) in [6, 6.07) is 11.1. The van der Waals surface area contributed by atoms with Crippen molar-refractivity contribution in [3.8, 4) is 23.0 Å². The van der Waals surface area contributed by atoms with Gasteiger partial charge in [-0.25, -0.2) is 0 Å². The molecule has 0 spiro atoms. The maximum absolute atomic E-state index is 12.2. The van der Waals surface area contributed by atoms with Crippen LogP contribution in [0.4, 0.5) is 5.69 Å². The van der Waals surface area contributed by atoms with Crippen LogP contribution in [0, 0.1) is 0 Å². The topological polar surface area (TPSA) is 66.0 Å². The Bertz CT molecular complexity index is 846. The molecule has 0 aromatic heterocycles. The molecule has 26 heavy (non-hydrogen) atoms. The lowest BCUT2D eigenvalue weighted by atomic mass is 10.0. The Morgan fingerprint density at radius 3 is 2.81 bits per heavy atom. The van der Waals surface area contributed by atoms with Crippen molar-refractivity contribution < 1.29 is 23.7 Å². The average molecular weight is 355 g/mol. The molecule has 0 radical (unpaired) electrons. The quantitative estimate of drug-likeness (QED) is 0.912. The Morgan fingerprint density at radius 1 is 1.15 bits per heavy atom. The normalized spacial score (nSPS) is 16.4. The van der Waals surface area contributed by atoms with Crippen molar-refractivity contribution in [1.82, 2.24) is 0 Å². The molecule has 2 aliphatic heterocycles. The van der Waals surface area contributed by atoms with Crippen LogP contribution in [0.5, 0.6) is 23.0 Å². The van der Waals surface area contributed by atoms with Gasteiger partial charge in [-0.05, 0) is 32.0 Å². The van der Waals surface area contributed by atoms with Gasteiger partial charge >= 0.3 is 0 Å². The van der Waals surface area contributed by atoms with E-state index in [9.17, 15) is 4.79 Å². The Morgan fingerprint density at radius 2 is 1.96 bits per heavy atom. The SMILES string of the molecule is CC1(C)Cc2cccc(OCC(=O)Nc3ccc4c(c3)OCCO4)c2O1. The molecule has 0 fully saturated rings. The molecule has 6 heteroatoms. The van der Waals surface area contributed by atoms with Gasteiger partial charge in [0.15, 0.2) is 29.6 Å². The number of hydrogen-bond acceptors (Lipinski definition) is 5. The lowest BCUT2D eigenvalue weighted by Gasteiger charge is -2.19. The predicted octanol–water partition coefficient (Wildman–Crippen LogP) is 3.19. The minimum atomic E-state index is -0.255. The third kappa shape index (κ3) is 3.40. The van der Waals surface area contributed by atoms with Gasteiger partial charge in [-0.2, -0.15) is 0 Å². The monoisotopic (exact) mass is 355 g/mol. The first kappa shape index (κ1) is 16.6. The highest BCUT2D eigenvalue weighted by Gasteiger charge is 2.32. The minimum absolute atomic E-state index is 0.102. The van der Waals surface area contributed by atoms with E-state index < -0.39 is 0 Å².